The number of hydrogen-bond acceptors (Lipinski definition) is 2. The lowest BCUT2D eigenvalue weighted by molar-refractivity contribution is 0.396. The van der Waals surface area contributed by atoms with Crippen LogP contribution in [0.5, 0.6) is 5.75 Å². The fourth-order valence-electron chi connectivity index (χ4n) is 1.96. The summed E-state index contributed by atoms with van der Waals surface area (Å²) in [6.07, 6.45) is 2.08. The molecule has 76 valence electrons. The second-order valence-corrected chi connectivity index (χ2v) is 3.50. The summed E-state index contributed by atoms with van der Waals surface area (Å²) in [5.74, 6) is 0.466. The van der Waals surface area contributed by atoms with Gasteiger partial charge < -0.3 is 10.1 Å². The first-order valence-corrected chi connectivity index (χ1v) is 4.88. The zero-order valence-electron chi connectivity index (χ0n) is 8.22. The van der Waals surface area contributed by atoms with E-state index >= 15 is 0 Å². The van der Waals surface area contributed by atoms with Gasteiger partial charge in [0.15, 0.2) is 0 Å². The van der Waals surface area contributed by atoms with Crippen LogP contribution in [-0.2, 0) is 0 Å². The van der Waals surface area contributed by atoms with Crippen molar-refractivity contribution >= 4 is 0 Å². The molecule has 1 aromatic carbocycles. The third-order valence-electron chi connectivity index (χ3n) is 2.64. The highest BCUT2D eigenvalue weighted by molar-refractivity contribution is 5.37. The minimum absolute atomic E-state index is 0.117. The maximum Gasteiger partial charge on any atom is 0.131 e. The zero-order chi connectivity index (χ0) is 9.97. The van der Waals surface area contributed by atoms with Crippen molar-refractivity contribution in [1.82, 2.24) is 5.32 Å². The molecule has 1 unspecified atom stereocenters. The average molecular weight is 195 g/mol. The summed E-state index contributed by atoms with van der Waals surface area (Å²) in [5, 5.41) is 3.27. The second kappa shape index (κ2) is 3.96. The van der Waals surface area contributed by atoms with Crippen molar-refractivity contribution in [3.63, 3.8) is 0 Å². The Hall–Kier alpha value is -1.09. The summed E-state index contributed by atoms with van der Waals surface area (Å²) < 4.78 is 18.7. The number of benzene rings is 1. The van der Waals surface area contributed by atoms with Crippen molar-refractivity contribution in [2.24, 2.45) is 0 Å². The van der Waals surface area contributed by atoms with Gasteiger partial charge >= 0.3 is 0 Å². The number of nitrogens with one attached hydrogen (secondary N) is 1. The molecule has 0 saturated carbocycles. The second-order valence-electron chi connectivity index (χ2n) is 3.50. The predicted octanol–water partition coefficient (Wildman–Crippen LogP) is 2.26. The molecule has 1 aromatic rings. The maximum absolute atomic E-state index is 13.6. The van der Waals surface area contributed by atoms with Gasteiger partial charge in [-0.15, -0.1) is 0 Å². The van der Waals surface area contributed by atoms with Gasteiger partial charge in [0, 0.05) is 11.6 Å². The first kappa shape index (κ1) is 9.46. The summed E-state index contributed by atoms with van der Waals surface area (Å²) in [5.41, 5.74) is 0.674. The van der Waals surface area contributed by atoms with Crippen LogP contribution in [0.2, 0.25) is 0 Å². The average Bonchev–Trinajstić information content (AvgIpc) is 2.70. The van der Waals surface area contributed by atoms with Crippen LogP contribution < -0.4 is 10.1 Å². The molecule has 14 heavy (non-hydrogen) atoms. The fraction of sp³-hybridized carbons (Fsp3) is 0.455. The van der Waals surface area contributed by atoms with E-state index in [0.717, 1.165) is 19.4 Å². The largest absolute Gasteiger partial charge is 0.496 e. The van der Waals surface area contributed by atoms with Crippen molar-refractivity contribution in [3.05, 3.63) is 29.6 Å². The molecule has 0 bridgehead atoms. The van der Waals surface area contributed by atoms with Gasteiger partial charge in [0.05, 0.1) is 7.11 Å². The summed E-state index contributed by atoms with van der Waals surface area (Å²) in [4.78, 5) is 0. The molecule has 0 spiro atoms. The highest BCUT2D eigenvalue weighted by Gasteiger charge is 2.22. The molecule has 1 N–H and O–H groups in total. The monoisotopic (exact) mass is 195 g/mol. The fourth-order valence-corrected chi connectivity index (χ4v) is 1.96. The van der Waals surface area contributed by atoms with Crippen LogP contribution in [0.15, 0.2) is 18.2 Å². The third kappa shape index (κ3) is 1.60. The summed E-state index contributed by atoms with van der Waals surface area (Å²) in [6.45, 7) is 0.960. The lowest BCUT2D eigenvalue weighted by Gasteiger charge is -2.15. The molecule has 2 rings (SSSR count). The van der Waals surface area contributed by atoms with E-state index in [4.69, 9.17) is 4.74 Å². The van der Waals surface area contributed by atoms with Crippen LogP contribution in [0.4, 0.5) is 4.39 Å². The Bertz CT molecular complexity index is 321. The van der Waals surface area contributed by atoms with Gasteiger partial charge in [-0.1, -0.05) is 6.07 Å². The van der Waals surface area contributed by atoms with E-state index in [1.807, 2.05) is 0 Å². The molecular formula is C11H14FNO. The molecule has 3 heteroatoms. The Morgan fingerprint density at radius 1 is 1.50 bits per heavy atom. The predicted molar refractivity (Wildman–Crippen MR) is 52.9 cm³/mol. The molecule has 1 heterocycles. The van der Waals surface area contributed by atoms with Crippen LogP contribution in [0.1, 0.15) is 24.4 Å². The lowest BCUT2D eigenvalue weighted by Crippen LogP contribution is -2.15. The summed E-state index contributed by atoms with van der Waals surface area (Å²) >= 11 is 0. The SMILES string of the molecule is COc1cccc(F)c1C1CCCN1. The van der Waals surface area contributed by atoms with Gasteiger partial charge in [0.1, 0.15) is 11.6 Å². The van der Waals surface area contributed by atoms with Gasteiger partial charge in [-0.3, -0.25) is 0 Å². The van der Waals surface area contributed by atoms with Gasteiger partial charge in [-0.05, 0) is 31.5 Å². The number of methoxy groups -OCH3 is 1. The van der Waals surface area contributed by atoms with E-state index in [1.165, 1.54) is 6.07 Å². The van der Waals surface area contributed by atoms with E-state index in [1.54, 1.807) is 19.2 Å². The van der Waals surface area contributed by atoms with Crippen LogP contribution in [0, 0.1) is 5.82 Å². The van der Waals surface area contributed by atoms with Crippen molar-refractivity contribution in [3.8, 4) is 5.75 Å². The molecule has 0 aliphatic carbocycles. The molecule has 2 nitrogen and oxygen atoms in total. The zero-order valence-corrected chi connectivity index (χ0v) is 8.22. The van der Waals surface area contributed by atoms with Crippen LogP contribution in [-0.4, -0.2) is 13.7 Å². The van der Waals surface area contributed by atoms with Crippen molar-refractivity contribution in [2.75, 3.05) is 13.7 Å². The quantitative estimate of drug-likeness (QED) is 0.781. The van der Waals surface area contributed by atoms with Crippen LogP contribution >= 0.6 is 0 Å². The maximum atomic E-state index is 13.6. The Kier molecular flexibility index (Phi) is 2.68. The third-order valence-corrected chi connectivity index (χ3v) is 2.64. The van der Waals surface area contributed by atoms with Crippen LogP contribution in [0.25, 0.3) is 0 Å². The molecule has 1 aliphatic heterocycles. The number of halogens is 1. The molecule has 0 amide bonds. The Balaban J connectivity index is 2.37. The molecule has 1 fully saturated rings. The standard InChI is InChI=1S/C11H14FNO/c1-14-10-6-2-4-8(12)11(10)9-5-3-7-13-9/h2,4,6,9,13H,3,5,7H2,1H3. The van der Waals surface area contributed by atoms with E-state index in [2.05, 4.69) is 5.32 Å². The molecule has 1 aliphatic rings. The summed E-state index contributed by atoms with van der Waals surface area (Å²) in [6, 6.07) is 5.08. The van der Waals surface area contributed by atoms with Crippen LogP contribution in [0.3, 0.4) is 0 Å². The highest BCUT2D eigenvalue weighted by atomic mass is 19.1. The molecular weight excluding hydrogens is 181 g/mol. The Morgan fingerprint density at radius 2 is 2.36 bits per heavy atom. The smallest absolute Gasteiger partial charge is 0.131 e. The number of ether oxygens (including phenoxy) is 1. The van der Waals surface area contributed by atoms with Gasteiger partial charge in [-0.2, -0.15) is 0 Å². The van der Waals surface area contributed by atoms with Gasteiger partial charge in [0.25, 0.3) is 0 Å². The van der Waals surface area contributed by atoms with E-state index < -0.39 is 0 Å². The van der Waals surface area contributed by atoms with Crippen molar-refractivity contribution in [2.45, 2.75) is 18.9 Å². The van der Waals surface area contributed by atoms with Gasteiger partial charge in [-0.25, -0.2) is 4.39 Å². The molecule has 1 saturated heterocycles. The van der Waals surface area contributed by atoms with Gasteiger partial charge in [0.2, 0.25) is 0 Å². The van der Waals surface area contributed by atoms with Crippen molar-refractivity contribution in [1.29, 1.82) is 0 Å². The highest BCUT2D eigenvalue weighted by Crippen LogP contribution is 2.32. The van der Waals surface area contributed by atoms with Crippen molar-refractivity contribution < 1.29 is 9.13 Å². The number of rotatable bonds is 2. The molecule has 0 radical (unpaired) electrons. The minimum Gasteiger partial charge on any atom is -0.496 e. The normalized spacial score (nSPS) is 21.1. The lowest BCUT2D eigenvalue weighted by atomic mass is 10.0. The Labute approximate surface area is 83.1 Å². The first-order chi connectivity index (χ1) is 6.83. The van der Waals surface area contributed by atoms with E-state index in [9.17, 15) is 4.39 Å². The molecule has 0 aromatic heterocycles. The molecule has 1 atom stereocenters. The Morgan fingerprint density at radius 3 is 3.00 bits per heavy atom. The van der Waals surface area contributed by atoms with E-state index in [0.29, 0.717) is 11.3 Å². The van der Waals surface area contributed by atoms with E-state index in [-0.39, 0.29) is 11.9 Å². The summed E-state index contributed by atoms with van der Waals surface area (Å²) in [7, 11) is 1.58. The number of hydrogen-bond donors (Lipinski definition) is 1. The first-order valence-electron chi connectivity index (χ1n) is 4.88. The topological polar surface area (TPSA) is 21.3 Å². The minimum atomic E-state index is -0.177.